The maximum absolute atomic E-state index is 5.63. The molecule has 4 heteroatoms. The summed E-state index contributed by atoms with van der Waals surface area (Å²) in [4.78, 5) is 1.20. The van der Waals surface area contributed by atoms with Gasteiger partial charge in [-0.15, -0.1) is 11.8 Å². The molecule has 0 radical (unpaired) electrons. The van der Waals surface area contributed by atoms with Crippen LogP contribution in [0.4, 0.5) is 5.69 Å². The Morgan fingerprint density at radius 1 is 1.25 bits per heavy atom. The molecule has 0 atom stereocenters. The molecule has 0 fully saturated rings. The van der Waals surface area contributed by atoms with Crippen molar-refractivity contribution in [3.8, 4) is 0 Å². The van der Waals surface area contributed by atoms with Crippen LogP contribution in [0.3, 0.4) is 0 Å². The molecular formula is C12H14N2OS. The number of nitrogens with zero attached hydrogens (tertiary/aromatic N) is 1. The van der Waals surface area contributed by atoms with Crippen molar-refractivity contribution in [2.75, 3.05) is 5.73 Å². The van der Waals surface area contributed by atoms with Crippen LogP contribution in [0.1, 0.15) is 17.0 Å². The lowest BCUT2D eigenvalue weighted by Gasteiger charge is -2.01. The lowest BCUT2D eigenvalue weighted by Crippen LogP contribution is -1.86. The van der Waals surface area contributed by atoms with Crippen molar-refractivity contribution in [3.63, 3.8) is 0 Å². The molecule has 0 amide bonds. The van der Waals surface area contributed by atoms with E-state index in [4.69, 9.17) is 10.3 Å². The molecule has 0 aliphatic carbocycles. The highest BCUT2D eigenvalue weighted by Crippen LogP contribution is 2.26. The number of hydrogen-bond acceptors (Lipinski definition) is 4. The maximum Gasteiger partial charge on any atom is 0.137 e. The quantitative estimate of drug-likeness (QED) is 0.654. The number of aromatic nitrogens is 1. The fourth-order valence-electron chi connectivity index (χ4n) is 1.43. The number of benzene rings is 1. The molecule has 3 nitrogen and oxygen atoms in total. The summed E-state index contributed by atoms with van der Waals surface area (Å²) < 4.78 is 5.12. The predicted molar refractivity (Wildman–Crippen MR) is 66.4 cm³/mol. The molecule has 0 saturated carbocycles. The van der Waals surface area contributed by atoms with Gasteiger partial charge in [0.15, 0.2) is 0 Å². The molecule has 0 saturated heterocycles. The molecule has 2 rings (SSSR count). The number of nitrogen functional groups attached to an aromatic ring is 1. The molecular weight excluding hydrogens is 220 g/mol. The minimum atomic E-state index is 0.793. The second-order valence-corrected chi connectivity index (χ2v) is 4.71. The number of nitrogens with two attached hydrogens (primary N) is 1. The zero-order chi connectivity index (χ0) is 11.5. The smallest absolute Gasteiger partial charge is 0.137 e. The molecule has 1 aromatic heterocycles. The minimum Gasteiger partial charge on any atom is -0.399 e. The van der Waals surface area contributed by atoms with Gasteiger partial charge in [-0.3, -0.25) is 0 Å². The number of rotatable bonds is 3. The molecule has 1 heterocycles. The molecule has 84 valence electrons. The molecule has 0 aliphatic heterocycles. The fourth-order valence-corrected chi connectivity index (χ4v) is 2.48. The van der Waals surface area contributed by atoms with Gasteiger partial charge < -0.3 is 10.3 Å². The summed E-state index contributed by atoms with van der Waals surface area (Å²) in [5.74, 6) is 1.78. The molecule has 0 bridgehead atoms. The van der Waals surface area contributed by atoms with Gasteiger partial charge in [0.2, 0.25) is 0 Å². The Hall–Kier alpha value is -1.42. The van der Waals surface area contributed by atoms with Crippen molar-refractivity contribution >= 4 is 17.4 Å². The third kappa shape index (κ3) is 2.39. The summed E-state index contributed by atoms with van der Waals surface area (Å²) in [5.41, 5.74) is 8.58. The van der Waals surface area contributed by atoms with Crippen molar-refractivity contribution in [2.24, 2.45) is 0 Å². The number of thioether (sulfide) groups is 1. The zero-order valence-corrected chi connectivity index (χ0v) is 10.2. The third-order valence-corrected chi connectivity index (χ3v) is 3.48. The van der Waals surface area contributed by atoms with Gasteiger partial charge in [-0.2, -0.15) is 0 Å². The summed E-state index contributed by atoms with van der Waals surface area (Å²) in [7, 11) is 0. The zero-order valence-electron chi connectivity index (χ0n) is 9.36. The van der Waals surface area contributed by atoms with E-state index in [1.807, 2.05) is 38.1 Å². The van der Waals surface area contributed by atoms with Crippen LogP contribution < -0.4 is 5.73 Å². The normalized spacial score (nSPS) is 10.6. The second kappa shape index (κ2) is 4.61. The Kier molecular flexibility index (Phi) is 3.19. The average molecular weight is 234 g/mol. The van der Waals surface area contributed by atoms with Gasteiger partial charge in [0.05, 0.1) is 5.69 Å². The lowest BCUT2D eigenvalue weighted by atomic mass is 10.2. The van der Waals surface area contributed by atoms with E-state index in [0.717, 1.165) is 22.9 Å². The SMILES string of the molecule is Cc1noc(C)c1CSc1ccc(N)cc1. The van der Waals surface area contributed by atoms with E-state index in [2.05, 4.69) is 5.16 Å². The van der Waals surface area contributed by atoms with Crippen molar-refractivity contribution in [1.82, 2.24) is 5.16 Å². The van der Waals surface area contributed by atoms with E-state index in [9.17, 15) is 0 Å². The first-order chi connectivity index (χ1) is 7.66. The van der Waals surface area contributed by atoms with E-state index in [-0.39, 0.29) is 0 Å². The van der Waals surface area contributed by atoms with E-state index in [1.165, 1.54) is 10.5 Å². The minimum absolute atomic E-state index is 0.793. The molecule has 0 aliphatic rings. The van der Waals surface area contributed by atoms with Crippen LogP contribution in [0, 0.1) is 13.8 Å². The van der Waals surface area contributed by atoms with Crippen LogP contribution >= 0.6 is 11.8 Å². The third-order valence-electron chi connectivity index (χ3n) is 2.44. The molecule has 0 spiro atoms. The van der Waals surface area contributed by atoms with Crippen LogP contribution in [-0.4, -0.2) is 5.16 Å². The lowest BCUT2D eigenvalue weighted by molar-refractivity contribution is 0.392. The summed E-state index contributed by atoms with van der Waals surface area (Å²) in [6, 6.07) is 7.88. The summed E-state index contributed by atoms with van der Waals surface area (Å²) >= 11 is 1.76. The highest BCUT2D eigenvalue weighted by Gasteiger charge is 2.08. The Morgan fingerprint density at radius 3 is 2.50 bits per heavy atom. The summed E-state index contributed by atoms with van der Waals surface area (Å²) in [5, 5.41) is 3.93. The van der Waals surface area contributed by atoms with E-state index < -0.39 is 0 Å². The van der Waals surface area contributed by atoms with E-state index >= 15 is 0 Å². The molecule has 2 aromatic rings. The largest absolute Gasteiger partial charge is 0.399 e. The highest BCUT2D eigenvalue weighted by atomic mass is 32.2. The first-order valence-electron chi connectivity index (χ1n) is 5.07. The van der Waals surface area contributed by atoms with Crippen molar-refractivity contribution in [2.45, 2.75) is 24.5 Å². The van der Waals surface area contributed by atoms with Crippen LogP contribution in [0.5, 0.6) is 0 Å². The summed E-state index contributed by atoms with van der Waals surface area (Å²) in [6.07, 6.45) is 0. The highest BCUT2D eigenvalue weighted by molar-refractivity contribution is 7.98. The number of anilines is 1. The number of aryl methyl sites for hydroxylation is 2. The maximum atomic E-state index is 5.63. The first-order valence-corrected chi connectivity index (χ1v) is 6.05. The van der Waals surface area contributed by atoms with Crippen LogP contribution in [0.25, 0.3) is 0 Å². The van der Waals surface area contributed by atoms with Gasteiger partial charge in [0.25, 0.3) is 0 Å². The molecule has 16 heavy (non-hydrogen) atoms. The van der Waals surface area contributed by atoms with E-state index in [0.29, 0.717) is 0 Å². The predicted octanol–water partition coefficient (Wildman–Crippen LogP) is 3.17. The second-order valence-electron chi connectivity index (χ2n) is 3.66. The standard InChI is InChI=1S/C12H14N2OS/c1-8-12(9(2)15-14-8)7-16-11-5-3-10(13)4-6-11/h3-6H,7,13H2,1-2H3. The molecule has 0 unspecified atom stereocenters. The number of hydrogen-bond donors (Lipinski definition) is 1. The van der Waals surface area contributed by atoms with E-state index in [1.54, 1.807) is 11.8 Å². The van der Waals surface area contributed by atoms with Crippen LogP contribution in [0.15, 0.2) is 33.7 Å². The Balaban J connectivity index is 2.05. The Labute approximate surface area is 99.0 Å². The summed E-state index contributed by atoms with van der Waals surface area (Å²) in [6.45, 7) is 3.91. The van der Waals surface area contributed by atoms with Gasteiger partial charge in [-0.25, -0.2) is 0 Å². The fraction of sp³-hybridized carbons (Fsp3) is 0.250. The monoisotopic (exact) mass is 234 g/mol. The first kappa shape index (κ1) is 11.1. The van der Waals surface area contributed by atoms with Gasteiger partial charge in [0.1, 0.15) is 5.76 Å². The topological polar surface area (TPSA) is 52.0 Å². The van der Waals surface area contributed by atoms with Gasteiger partial charge in [-0.05, 0) is 38.1 Å². The molecule has 1 aromatic carbocycles. The Morgan fingerprint density at radius 2 is 1.94 bits per heavy atom. The van der Waals surface area contributed by atoms with Gasteiger partial charge in [0, 0.05) is 21.9 Å². The van der Waals surface area contributed by atoms with Crippen LogP contribution in [0.2, 0.25) is 0 Å². The average Bonchev–Trinajstić information content (AvgIpc) is 2.59. The van der Waals surface area contributed by atoms with Gasteiger partial charge in [-0.1, -0.05) is 5.16 Å². The molecule has 2 N–H and O–H groups in total. The van der Waals surface area contributed by atoms with Crippen molar-refractivity contribution in [3.05, 3.63) is 41.3 Å². The van der Waals surface area contributed by atoms with Gasteiger partial charge >= 0.3 is 0 Å². The van der Waals surface area contributed by atoms with Crippen LogP contribution in [-0.2, 0) is 5.75 Å². The Bertz CT molecular complexity index is 457. The van der Waals surface area contributed by atoms with Crippen molar-refractivity contribution < 1.29 is 4.52 Å². The van der Waals surface area contributed by atoms with Crippen molar-refractivity contribution in [1.29, 1.82) is 0 Å².